The first-order valence-corrected chi connectivity index (χ1v) is 6.64. The van der Waals surface area contributed by atoms with Gasteiger partial charge in [-0.15, -0.1) is 0 Å². The van der Waals surface area contributed by atoms with E-state index in [2.05, 4.69) is 0 Å². The number of carbonyl (C=O) groups is 2. The Morgan fingerprint density at radius 1 is 1.39 bits per heavy atom. The molecule has 0 aromatic rings. The summed E-state index contributed by atoms with van der Waals surface area (Å²) in [5, 5.41) is 8.77. The fraction of sp³-hybridized carbons (Fsp3) is 0.846. The Hall–Kier alpha value is -1.10. The Bertz CT molecular complexity index is 336. The number of amides is 1. The van der Waals surface area contributed by atoms with Crippen LogP contribution in [0.4, 0.5) is 0 Å². The number of carbonyl (C=O) groups excluding carboxylic acids is 1. The summed E-state index contributed by atoms with van der Waals surface area (Å²) in [5.74, 6) is -0.694. The third kappa shape index (κ3) is 2.83. The highest BCUT2D eigenvalue weighted by molar-refractivity contribution is 5.82. The zero-order chi connectivity index (χ0) is 13.2. The lowest BCUT2D eigenvalue weighted by molar-refractivity contribution is -0.153. The number of ether oxygens (including phenoxy) is 1. The quantitative estimate of drug-likeness (QED) is 0.824. The van der Waals surface area contributed by atoms with Gasteiger partial charge in [0, 0.05) is 18.5 Å². The van der Waals surface area contributed by atoms with Crippen LogP contribution in [-0.2, 0) is 14.3 Å². The maximum Gasteiger partial charge on any atom is 0.306 e. The molecule has 102 valence electrons. The van der Waals surface area contributed by atoms with Crippen molar-refractivity contribution in [3.63, 3.8) is 0 Å². The summed E-state index contributed by atoms with van der Waals surface area (Å²) in [4.78, 5) is 25.0. The van der Waals surface area contributed by atoms with E-state index in [1.165, 1.54) is 0 Å². The van der Waals surface area contributed by atoms with Gasteiger partial charge in [0.05, 0.1) is 19.1 Å². The fourth-order valence-corrected chi connectivity index (χ4v) is 2.97. The summed E-state index contributed by atoms with van der Waals surface area (Å²) in [6.07, 6.45) is 3.75. The van der Waals surface area contributed by atoms with Crippen LogP contribution in [0.5, 0.6) is 0 Å². The van der Waals surface area contributed by atoms with Crippen LogP contribution in [0.25, 0.3) is 0 Å². The first-order chi connectivity index (χ1) is 8.51. The lowest BCUT2D eigenvalue weighted by Crippen LogP contribution is -2.50. The van der Waals surface area contributed by atoms with E-state index in [1.807, 2.05) is 6.92 Å². The SMILES string of the molecule is CC1(C(=O)N2CCOC(CC(=O)O)C2)CCCC1. The minimum atomic E-state index is -0.874. The van der Waals surface area contributed by atoms with E-state index in [-0.39, 0.29) is 23.8 Å². The number of hydrogen-bond acceptors (Lipinski definition) is 3. The van der Waals surface area contributed by atoms with Gasteiger partial charge >= 0.3 is 5.97 Å². The molecule has 0 radical (unpaired) electrons. The average Bonchev–Trinajstić information content (AvgIpc) is 2.76. The number of carboxylic acid groups (broad SMARTS) is 1. The minimum absolute atomic E-state index is 0.0273. The molecule has 2 fully saturated rings. The van der Waals surface area contributed by atoms with Crippen LogP contribution in [0.1, 0.15) is 39.0 Å². The van der Waals surface area contributed by atoms with Crippen LogP contribution in [0, 0.1) is 5.41 Å². The lowest BCUT2D eigenvalue weighted by Gasteiger charge is -2.37. The van der Waals surface area contributed by atoms with E-state index < -0.39 is 5.97 Å². The molecule has 1 amide bonds. The molecule has 1 N–H and O–H groups in total. The fourth-order valence-electron chi connectivity index (χ4n) is 2.97. The van der Waals surface area contributed by atoms with Crippen molar-refractivity contribution >= 4 is 11.9 Å². The molecule has 1 saturated heterocycles. The van der Waals surface area contributed by atoms with E-state index in [0.717, 1.165) is 25.7 Å². The summed E-state index contributed by atoms with van der Waals surface area (Å²) in [6, 6.07) is 0. The molecule has 0 bridgehead atoms. The van der Waals surface area contributed by atoms with Crippen molar-refractivity contribution in [1.82, 2.24) is 4.90 Å². The van der Waals surface area contributed by atoms with Gasteiger partial charge in [-0.2, -0.15) is 0 Å². The highest BCUT2D eigenvalue weighted by Crippen LogP contribution is 2.39. The number of aliphatic carboxylic acids is 1. The molecule has 2 aliphatic rings. The second kappa shape index (κ2) is 5.26. The first kappa shape index (κ1) is 13.3. The molecule has 1 aliphatic carbocycles. The van der Waals surface area contributed by atoms with Crippen molar-refractivity contribution in [2.45, 2.75) is 45.1 Å². The largest absolute Gasteiger partial charge is 0.481 e. The Kier molecular flexibility index (Phi) is 3.90. The van der Waals surface area contributed by atoms with Crippen molar-refractivity contribution in [1.29, 1.82) is 0 Å². The second-order valence-corrected chi connectivity index (χ2v) is 5.61. The monoisotopic (exact) mass is 255 g/mol. The van der Waals surface area contributed by atoms with Gasteiger partial charge in [0.1, 0.15) is 0 Å². The maximum atomic E-state index is 12.5. The Labute approximate surface area is 107 Å². The van der Waals surface area contributed by atoms with Crippen LogP contribution in [0.2, 0.25) is 0 Å². The zero-order valence-corrected chi connectivity index (χ0v) is 10.9. The highest BCUT2D eigenvalue weighted by Gasteiger charge is 2.40. The summed E-state index contributed by atoms with van der Waals surface area (Å²) < 4.78 is 5.39. The van der Waals surface area contributed by atoms with E-state index >= 15 is 0 Å². The van der Waals surface area contributed by atoms with Gasteiger partial charge in [0.2, 0.25) is 5.91 Å². The van der Waals surface area contributed by atoms with Crippen molar-refractivity contribution < 1.29 is 19.4 Å². The second-order valence-electron chi connectivity index (χ2n) is 5.61. The molecule has 1 aliphatic heterocycles. The average molecular weight is 255 g/mol. The summed E-state index contributed by atoms with van der Waals surface area (Å²) in [6.45, 7) is 3.48. The van der Waals surface area contributed by atoms with Crippen LogP contribution >= 0.6 is 0 Å². The molecular weight excluding hydrogens is 234 g/mol. The minimum Gasteiger partial charge on any atom is -0.481 e. The van der Waals surface area contributed by atoms with Crippen molar-refractivity contribution in [3.05, 3.63) is 0 Å². The molecule has 2 rings (SSSR count). The summed E-state index contributed by atoms with van der Waals surface area (Å²) in [5.41, 5.74) is -0.231. The Morgan fingerprint density at radius 2 is 2.06 bits per heavy atom. The molecule has 0 aromatic heterocycles. The number of nitrogens with zero attached hydrogens (tertiary/aromatic N) is 1. The third-order valence-electron chi connectivity index (χ3n) is 4.05. The molecule has 5 heteroatoms. The van der Waals surface area contributed by atoms with Gasteiger partial charge in [-0.1, -0.05) is 19.8 Å². The number of carboxylic acids is 1. The van der Waals surface area contributed by atoms with Crippen LogP contribution in [-0.4, -0.2) is 47.7 Å². The predicted molar refractivity (Wildman–Crippen MR) is 65.1 cm³/mol. The predicted octanol–water partition coefficient (Wildman–Crippen LogP) is 1.27. The van der Waals surface area contributed by atoms with Gasteiger partial charge in [-0.25, -0.2) is 0 Å². The zero-order valence-electron chi connectivity index (χ0n) is 10.9. The van der Waals surface area contributed by atoms with Crippen molar-refractivity contribution in [3.8, 4) is 0 Å². The molecule has 1 unspecified atom stereocenters. The van der Waals surface area contributed by atoms with E-state index in [0.29, 0.717) is 19.7 Å². The summed E-state index contributed by atoms with van der Waals surface area (Å²) >= 11 is 0. The Morgan fingerprint density at radius 3 is 2.67 bits per heavy atom. The molecule has 1 atom stereocenters. The molecule has 5 nitrogen and oxygen atoms in total. The van der Waals surface area contributed by atoms with Gasteiger partial charge < -0.3 is 14.7 Å². The highest BCUT2D eigenvalue weighted by atomic mass is 16.5. The van der Waals surface area contributed by atoms with Gasteiger partial charge in [-0.3, -0.25) is 9.59 Å². The Balaban J connectivity index is 1.95. The van der Waals surface area contributed by atoms with E-state index in [4.69, 9.17) is 9.84 Å². The smallest absolute Gasteiger partial charge is 0.306 e. The first-order valence-electron chi connectivity index (χ1n) is 6.64. The lowest BCUT2D eigenvalue weighted by atomic mass is 9.87. The van der Waals surface area contributed by atoms with Crippen LogP contribution in [0.3, 0.4) is 0 Å². The maximum absolute atomic E-state index is 12.5. The van der Waals surface area contributed by atoms with Crippen LogP contribution < -0.4 is 0 Å². The number of rotatable bonds is 3. The van der Waals surface area contributed by atoms with E-state index in [1.54, 1.807) is 4.90 Å². The molecule has 18 heavy (non-hydrogen) atoms. The summed E-state index contributed by atoms with van der Waals surface area (Å²) in [7, 11) is 0. The van der Waals surface area contributed by atoms with Gasteiger partial charge in [0.15, 0.2) is 0 Å². The van der Waals surface area contributed by atoms with Gasteiger partial charge in [-0.05, 0) is 12.8 Å². The number of morpholine rings is 1. The number of hydrogen-bond donors (Lipinski definition) is 1. The molecule has 0 spiro atoms. The van der Waals surface area contributed by atoms with Gasteiger partial charge in [0.25, 0.3) is 0 Å². The topological polar surface area (TPSA) is 66.8 Å². The van der Waals surface area contributed by atoms with E-state index in [9.17, 15) is 9.59 Å². The van der Waals surface area contributed by atoms with Crippen molar-refractivity contribution in [2.24, 2.45) is 5.41 Å². The molecule has 0 aromatic carbocycles. The molecular formula is C13H21NO4. The van der Waals surface area contributed by atoms with Crippen LogP contribution in [0.15, 0.2) is 0 Å². The third-order valence-corrected chi connectivity index (χ3v) is 4.05. The standard InChI is InChI=1S/C13H21NO4/c1-13(4-2-3-5-13)12(17)14-6-7-18-10(9-14)8-11(15)16/h10H,2-9H2,1H3,(H,15,16). The molecule has 1 saturated carbocycles. The normalized spacial score (nSPS) is 27.2. The van der Waals surface area contributed by atoms with Crippen molar-refractivity contribution in [2.75, 3.05) is 19.7 Å². The molecule has 1 heterocycles.